The maximum absolute atomic E-state index is 14.4. The Bertz CT molecular complexity index is 1340. The Morgan fingerprint density at radius 1 is 0.955 bits per heavy atom. The Labute approximate surface area is 257 Å². The minimum Gasteiger partial charge on any atom is -0.425 e. The van der Waals surface area contributed by atoms with Crippen molar-refractivity contribution in [3.8, 4) is 5.75 Å². The fraction of sp³-hybridized carbons (Fsp3) is 0.600. The van der Waals surface area contributed by atoms with Crippen molar-refractivity contribution >= 4 is 42.2 Å². The van der Waals surface area contributed by atoms with E-state index in [-0.39, 0.29) is 47.4 Å². The van der Waals surface area contributed by atoms with E-state index in [1.54, 1.807) is 20.8 Å². The van der Waals surface area contributed by atoms with E-state index in [1.165, 1.54) is 18.2 Å². The zero-order valence-corrected chi connectivity index (χ0v) is 27.0. The van der Waals surface area contributed by atoms with Crippen LogP contribution in [0.5, 0.6) is 5.75 Å². The molecule has 14 heteroatoms. The Kier molecular flexibility index (Phi) is 15.7. The molecular formula is C30H46N3O10P. The van der Waals surface area contributed by atoms with E-state index in [2.05, 4.69) is 16.0 Å². The maximum Gasteiger partial charge on any atom is 0.365 e. The highest BCUT2D eigenvalue weighted by Gasteiger charge is 2.35. The summed E-state index contributed by atoms with van der Waals surface area (Å²) < 4.78 is 37.3. The SMILES string of the molecule is CNCCCCOP(=O)(OCCCCNC=O)c1cc2cc(C(=O)NCCCCCO)c(=O)oc2cc1OC(=O)C(C)(C)C. The van der Waals surface area contributed by atoms with E-state index in [1.807, 2.05) is 7.05 Å². The number of unbranched alkanes of at least 4 members (excludes halogenated alkanes) is 4. The third kappa shape index (κ3) is 11.8. The molecule has 2 rings (SSSR count). The summed E-state index contributed by atoms with van der Waals surface area (Å²) in [5.74, 6) is -1.42. The van der Waals surface area contributed by atoms with E-state index in [9.17, 15) is 23.7 Å². The smallest absolute Gasteiger partial charge is 0.365 e. The fourth-order valence-corrected chi connectivity index (χ4v) is 5.66. The van der Waals surface area contributed by atoms with Crippen LogP contribution in [0, 0.1) is 5.41 Å². The third-order valence-electron chi connectivity index (χ3n) is 6.43. The Hall–Kier alpha value is -3.09. The molecule has 1 atom stereocenters. The van der Waals surface area contributed by atoms with E-state index < -0.39 is 30.5 Å². The number of aliphatic hydroxyl groups is 1. The number of nitrogens with one attached hydrogen (secondary N) is 3. The highest BCUT2D eigenvalue weighted by molar-refractivity contribution is 7.62. The summed E-state index contributed by atoms with van der Waals surface area (Å²) in [5, 5.41) is 17.4. The number of carbonyl (C=O) groups is 3. The predicted octanol–water partition coefficient (Wildman–Crippen LogP) is 3.01. The zero-order valence-electron chi connectivity index (χ0n) is 26.1. The number of aliphatic hydroxyl groups excluding tert-OH is 1. The molecule has 2 aromatic rings. The van der Waals surface area contributed by atoms with Gasteiger partial charge in [0.1, 0.15) is 22.2 Å². The van der Waals surface area contributed by atoms with Crippen LogP contribution in [-0.4, -0.2) is 69.9 Å². The number of rotatable bonds is 21. The van der Waals surface area contributed by atoms with Crippen LogP contribution in [0.4, 0.5) is 0 Å². The molecule has 13 nitrogen and oxygen atoms in total. The Morgan fingerprint density at radius 3 is 2.23 bits per heavy atom. The number of amides is 2. The molecule has 0 aliphatic carbocycles. The van der Waals surface area contributed by atoms with Crippen LogP contribution in [0.15, 0.2) is 27.4 Å². The number of fused-ring (bicyclic) bond motifs is 1. The first-order valence-corrected chi connectivity index (χ1v) is 16.5. The minimum atomic E-state index is -4.13. The Balaban J connectivity index is 2.54. The summed E-state index contributed by atoms with van der Waals surface area (Å²) in [6.07, 6.45) is 4.87. The second-order valence-electron chi connectivity index (χ2n) is 11.2. The first kappa shape index (κ1) is 37.1. The van der Waals surface area contributed by atoms with Gasteiger partial charge in [0.25, 0.3) is 5.91 Å². The number of carbonyl (C=O) groups excluding carboxylic acids is 3. The van der Waals surface area contributed by atoms with Crippen LogP contribution in [0.3, 0.4) is 0 Å². The molecule has 0 bridgehead atoms. The van der Waals surface area contributed by atoms with Gasteiger partial charge in [0.05, 0.1) is 18.6 Å². The second kappa shape index (κ2) is 18.7. The van der Waals surface area contributed by atoms with Crippen LogP contribution >= 0.6 is 7.60 Å². The standard InChI is InChI=1S/C30H46N3O10P/c1-30(2,3)29(38)43-25-20-24-22(18-23(28(37)42-24)27(36)33-14-6-5-9-15-34)19-26(25)44(39,40-16-10-7-12-31-4)41-17-11-8-13-32-21-35/h18-21,31,34H,5-17H2,1-4H3,(H,32,35)(H,33,36). The Morgan fingerprint density at radius 2 is 1.61 bits per heavy atom. The lowest BCUT2D eigenvalue weighted by atomic mass is 9.97. The number of hydrogen-bond donors (Lipinski definition) is 4. The molecule has 0 aliphatic heterocycles. The molecule has 246 valence electrons. The number of benzene rings is 1. The first-order valence-electron chi connectivity index (χ1n) is 14.9. The number of ether oxygens (including phenoxy) is 1. The van der Waals surface area contributed by atoms with Gasteiger partial charge >= 0.3 is 19.2 Å². The zero-order chi connectivity index (χ0) is 32.6. The maximum atomic E-state index is 14.4. The quantitative estimate of drug-likeness (QED) is 0.0393. The number of esters is 1. The third-order valence-corrected chi connectivity index (χ3v) is 8.42. The minimum absolute atomic E-state index is 0.00969. The highest BCUT2D eigenvalue weighted by Crippen LogP contribution is 2.50. The van der Waals surface area contributed by atoms with Gasteiger partial charge in [-0.2, -0.15) is 0 Å². The van der Waals surface area contributed by atoms with Gasteiger partial charge in [-0.05, 0) is 91.4 Å². The predicted molar refractivity (Wildman–Crippen MR) is 166 cm³/mol. The van der Waals surface area contributed by atoms with E-state index in [0.29, 0.717) is 58.0 Å². The van der Waals surface area contributed by atoms with Crippen molar-refractivity contribution in [1.29, 1.82) is 0 Å². The van der Waals surface area contributed by atoms with Crippen LogP contribution in [-0.2, 0) is 23.2 Å². The number of hydrogen-bond acceptors (Lipinski definition) is 11. The first-order chi connectivity index (χ1) is 21.0. The van der Waals surface area contributed by atoms with Gasteiger partial charge in [0.15, 0.2) is 0 Å². The van der Waals surface area contributed by atoms with Crippen molar-refractivity contribution < 1.29 is 42.3 Å². The van der Waals surface area contributed by atoms with Gasteiger partial charge in [-0.15, -0.1) is 0 Å². The molecule has 4 N–H and O–H groups in total. The summed E-state index contributed by atoms with van der Waals surface area (Å²) in [7, 11) is -2.31. The molecule has 0 saturated carbocycles. The fourth-order valence-electron chi connectivity index (χ4n) is 3.89. The van der Waals surface area contributed by atoms with Crippen molar-refractivity contribution in [3.05, 3.63) is 34.2 Å². The molecule has 0 fully saturated rings. The van der Waals surface area contributed by atoms with Gasteiger partial charge in [0, 0.05) is 31.1 Å². The van der Waals surface area contributed by atoms with Gasteiger partial charge in [-0.25, -0.2) is 4.79 Å². The van der Waals surface area contributed by atoms with Crippen LogP contribution in [0.2, 0.25) is 0 Å². The molecule has 0 saturated heterocycles. The average Bonchev–Trinajstić information content (AvgIpc) is 2.97. The summed E-state index contributed by atoms with van der Waals surface area (Å²) >= 11 is 0. The average molecular weight is 640 g/mol. The monoisotopic (exact) mass is 639 g/mol. The molecule has 44 heavy (non-hydrogen) atoms. The van der Waals surface area contributed by atoms with Gasteiger partial charge in [-0.1, -0.05) is 0 Å². The second-order valence-corrected chi connectivity index (χ2v) is 13.2. The molecule has 2 amide bonds. The largest absolute Gasteiger partial charge is 0.425 e. The molecule has 1 heterocycles. The molecule has 0 aliphatic rings. The lowest BCUT2D eigenvalue weighted by Gasteiger charge is -2.23. The van der Waals surface area contributed by atoms with Crippen molar-refractivity contribution in [1.82, 2.24) is 16.0 Å². The van der Waals surface area contributed by atoms with Crippen molar-refractivity contribution in [2.75, 3.05) is 46.5 Å². The van der Waals surface area contributed by atoms with Crippen LogP contribution in [0.25, 0.3) is 11.0 Å². The highest BCUT2D eigenvalue weighted by atomic mass is 31.2. The van der Waals surface area contributed by atoms with Crippen LogP contribution < -0.4 is 31.6 Å². The van der Waals surface area contributed by atoms with Gasteiger partial charge < -0.3 is 39.3 Å². The molecule has 1 aromatic heterocycles. The molecule has 0 radical (unpaired) electrons. The molecule has 1 aromatic carbocycles. The lowest BCUT2D eigenvalue weighted by molar-refractivity contribution is -0.142. The lowest BCUT2D eigenvalue weighted by Crippen LogP contribution is -2.29. The molecular weight excluding hydrogens is 593 g/mol. The van der Waals surface area contributed by atoms with Crippen molar-refractivity contribution in [3.63, 3.8) is 0 Å². The van der Waals surface area contributed by atoms with Crippen LogP contribution in [0.1, 0.15) is 76.1 Å². The summed E-state index contributed by atoms with van der Waals surface area (Å²) in [5.41, 5.74) is -2.06. The van der Waals surface area contributed by atoms with Crippen molar-refractivity contribution in [2.24, 2.45) is 5.41 Å². The molecule has 1 unspecified atom stereocenters. The summed E-state index contributed by atoms with van der Waals surface area (Å²) in [6.45, 7) is 6.59. The van der Waals surface area contributed by atoms with E-state index in [4.69, 9.17) is 23.3 Å². The van der Waals surface area contributed by atoms with Crippen molar-refractivity contribution in [2.45, 2.75) is 65.7 Å². The molecule has 0 spiro atoms. The summed E-state index contributed by atoms with van der Waals surface area (Å²) in [6, 6.07) is 4.00. The normalized spacial score (nSPS) is 12.9. The topological polar surface area (TPSA) is 182 Å². The van der Waals surface area contributed by atoms with Gasteiger partial charge in [-0.3, -0.25) is 18.9 Å². The van der Waals surface area contributed by atoms with E-state index in [0.717, 1.165) is 13.0 Å². The van der Waals surface area contributed by atoms with Gasteiger partial charge in [0.2, 0.25) is 6.41 Å². The van der Waals surface area contributed by atoms with E-state index >= 15 is 0 Å². The summed E-state index contributed by atoms with van der Waals surface area (Å²) in [4.78, 5) is 49.0.